The van der Waals surface area contributed by atoms with Gasteiger partial charge in [0, 0.05) is 10.9 Å². The molecule has 0 saturated heterocycles. The third kappa shape index (κ3) is 3.38. The molecular formula is C17H24N2O2S2. The molecule has 23 heavy (non-hydrogen) atoms. The van der Waals surface area contributed by atoms with Crippen molar-refractivity contribution < 1.29 is 9.53 Å². The third-order valence-electron chi connectivity index (χ3n) is 5.15. The van der Waals surface area contributed by atoms with Crippen molar-refractivity contribution in [2.75, 3.05) is 11.9 Å². The van der Waals surface area contributed by atoms with Gasteiger partial charge in [0.1, 0.15) is 5.00 Å². The lowest BCUT2D eigenvalue weighted by atomic mass is 9.96. The number of hydrogen-bond donors (Lipinski definition) is 2. The first-order valence-electron chi connectivity index (χ1n) is 8.34. The Morgan fingerprint density at radius 3 is 2.74 bits per heavy atom. The Kier molecular flexibility index (Phi) is 4.92. The summed E-state index contributed by atoms with van der Waals surface area (Å²) in [4.78, 5) is 13.3. The minimum atomic E-state index is -0.278. The van der Waals surface area contributed by atoms with Crippen molar-refractivity contribution in [2.45, 2.75) is 52.5 Å². The van der Waals surface area contributed by atoms with Gasteiger partial charge in [-0.05, 0) is 69.7 Å². The molecule has 3 rings (SSSR count). The highest BCUT2D eigenvalue weighted by Gasteiger charge is 2.39. The van der Waals surface area contributed by atoms with E-state index in [0.717, 1.165) is 27.3 Å². The first-order chi connectivity index (χ1) is 11.0. The Morgan fingerprint density at radius 2 is 2.13 bits per heavy atom. The molecule has 2 aliphatic carbocycles. The number of thiocarbonyl (C=S) groups is 1. The molecule has 6 heteroatoms. The summed E-state index contributed by atoms with van der Waals surface area (Å²) in [5.41, 5.74) is 1.59. The predicted octanol–water partition coefficient (Wildman–Crippen LogP) is 4.02. The van der Waals surface area contributed by atoms with E-state index in [1.165, 1.54) is 25.7 Å². The van der Waals surface area contributed by atoms with Crippen LogP contribution < -0.4 is 10.6 Å². The fourth-order valence-electron chi connectivity index (χ4n) is 3.89. The number of ether oxygens (including phenoxy) is 1. The number of fused-ring (bicyclic) bond motifs is 2. The van der Waals surface area contributed by atoms with E-state index in [9.17, 15) is 4.79 Å². The molecule has 126 valence electrons. The van der Waals surface area contributed by atoms with Crippen LogP contribution in [0.5, 0.6) is 0 Å². The SMILES string of the molecule is CCOC(=O)c1c(NC(=S)NC2CC3CCC2C3)sc(C)c1C. The number of rotatable bonds is 4. The molecule has 3 unspecified atom stereocenters. The van der Waals surface area contributed by atoms with E-state index in [4.69, 9.17) is 17.0 Å². The van der Waals surface area contributed by atoms with Gasteiger partial charge >= 0.3 is 5.97 Å². The minimum absolute atomic E-state index is 0.278. The number of esters is 1. The van der Waals surface area contributed by atoms with Gasteiger partial charge in [0.15, 0.2) is 5.11 Å². The maximum Gasteiger partial charge on any atom is 0.341 e. The molecule has 2 saturated carbocycles. The highest BCUT2D eigenvalue weighted by molar-refractivity contribution is 7.80. The van der Waals surface area contributed by atoms with Gasteiger partial charge in [-0.1, -0.05) is 6.42 Å². The Labute approximate surface area is 147 Å². The largest absolute Gasteiger partial charge is 0.462 e. The lowest BCUT2D eigenvalue weighted by Crippen LogP contribution is -2.40. The normalized spacial score (nSPS) is 25.4. The second kappa shape index (κ2) is 6.77. The molecule has 0 aliphatic heterocycles. The zero-order chi connectivity index (χ0) is 16.6. The van der Waals surface area contributed by atoms with Gasteiger partial charge in [-0.15, -0.1) is 11.3 Å². The molecule has 2 fully saturated rings. The van der Waals surface area contributed by atoms with Crippen LogP contribution in [0, 0.1) is 25.7 Å². The van der Waals surface area contributed by atoms with Crippen LogP contribution in [-0.2, 0) is 4.74 Å². The molecule has 4 nitrogen and oxygen atoms in total. The van der Waals surface area contributed by atoms with Crippen LogP contribution in [-0.4, -0.2) is 23.7 Å². The van der Waals surface area contributed by atoms with E-state index in [0.29, 0.717) is 23.3 Å². The van der Waals surface area contributed by atoms with Crippen molar-refractivity contribution >= 4 is 39.6 Å². The molecule has 1 aromatic rings. The van der Waals surface area contributed by atoms with E-state index in [2.05, 4.69) is 10.6 Å². The van der Waals surface area contributed by atoms with Gasteiger partial charge in [0.25, 0.3) is 0 Å². The van der Waals surface area contributed by atoms with Crippen LogP contribution in [0.1, 0.15) is 53.4 Å². The molecule has 0 amide bonds. The van der Waals surface area contributed by atoms with E-state index < -0.39 is 0 Å². The van der Waals surface area contributed by atoms with Gasteiger partial charge in [-0.25, -0.2) is 4.79 Å². The molecule has 3 atom stereocenters. The standard InChI is InChI=1S/C17H24N2O2S2/c1-4-21-16(20)14-9(2)10(3)23-15(14)19-17(22)18-13-8-11-5-6-12(13)7-11/h11-13H,4-8H2,1-3H3,(H2,18,19,22). The monoisotopic (exact) mass is 352 g/mol. The minimum Gasteiger partial charge on any atom is -0.462 e. The fourth-order valence-corrected chi connectivity index (χ4v) is 5.26. The van der Waals surface area contributed by atoms with Crippen LogP contribution in [0.15, 0.2) is 0 Å². The Hall–Kier alpha value is -1.14. The summed E-state index contributed by atoms with van der Waals surface area (Å²) in [6.07, 6.45) is 5.25. The topological polar surface area (TPSA) is 50.4 Å². The van der Waals surface area contributed by atoms with Crippen LogP contribution in [0.3, 0.4) is 0 Å². The number of carbonyl (C=O) groups excluding carboxylic acids is 1. The molecule has 2 N–H and O–H groups in total. The van der Waals surface area contributed by atoms with Crippen LogP contribution in [0.2, 0.25) is 0 Å². The van der Waals surface area contributed by atoms with Gasteiger partial charge < -0.3 is 15.4 Å². The first-order valence-corrected chi connectivity index (χ1v) is 9.56. The van der Waals surface area contributed by atoms with Crippen LogP contribution in [0.25, 0.3) is 0 Å². The molecule has 2 bridgehead atoms. The number of nitrogens with one attached hydrogen (secondary N) is 2. The first kappa shape index (κ1) is 16.7. The number of anilines is 1. The van der Waals surface area contributed by atoms with Crippen molar-refractivity contribution in [3.05, 3.63) is 16.0 Å². The molecule has 0 radical (unpaired) electrons. The zero-order valence-electron chi connectivity index (χ0n) is 13.9. The second-order valence-corrected chi connectivity index (χ2v) is 8.22. The van der Waals surface area contributed by atoms with Crippen LogP contribution in [0.4, 0.5) is 5.00 Å². The van der Waals surface area contributed by atoms with E-state index in [1.807, 2.05) is 20.8 Å². The Balaban J connectivity index is 1.68. The van der Waals surface area contributed by atoms with E-state index >= 15 is 0 Å². The quantitative estimate of drug-likeness (QED) is 0.633. The molecular weight excluding hydrogens is 328 g/mol. The van der Waals surface area contributed by atoms with Gasteiger partial charge in [-0.2, -0.15) is 0 Å². The summed E-state index contributed by atoms with van der Waals surface area (Å²) in [7, 11) is 0. The summed E-state index contributed by atoms with van der Waals surface area (Å²) in [6.45, 7) is 6.16. The molecule has 2 aliphatic rings. The molecule has 0 spiro atoms. The van der Waals surface area contributed by atoms with Crippen molar-refractivity contribution in [3.8, 4) is 0 Å². The van der Waals surface area contributed by atoms with Gasteiger partial charge in [-0.3, -0.25) is 0 Å². The maximum absolute atomic E-state index is 12.2. The lowest BCUT2D eigenvalue weighted by Gasteiger charge is -2.24. The van der Waals surface area contributed by atoms with Gasteiger partial charge in [0.05, 0.1) is 12.2 Å². The van der Waals surface area contributed by atoms with Crippen molar-refractivity contribution in [1.82, 2.24) is 5.32 Å². The predicted molar refractivity (Wildman–Crippen MR) is 98.3 cm³/mol. The summed E-state index contributed by atoms with van der Waals surface area (Å²) >= 11 is 7.04. The van der Waals surface area contributed by atoms with Crippen molar-refractivity contribution in [2.24, 2.45) is 11.8 Å². The molecule has 0 aromatic carbocycles. The van der Waals surface area contributed by atoms with Crippen molar-refractivity contribution in [1.29, 1.82) is 0 Å². The Morgan fingerprint density at radius 1 is 1.35 bits per heavy atom. The average Bonchev–Trinajstić information content (AvgIpc) is 3.15. The zero-order valence-corrected chi connectivity index (χ0v) is 15.5. The lowest BCUT2D eigenvalue weighted by molar-refractivity contribution is 0.0527. The molecule has 1 heterocycles. The van der Waals surface area contributed by atoms with Crippen molar-refractivity contribution in [3.63, 3.8) is 0 Å². The molecule has 1 aromatic heterocycles. The average molecular weight is 353 g/mol. The van der Waals surface area contributed by atoms with Crippen LogP contribution >= 0.6 is 23.6 Å². The second-order valence-electron chi connectivity index (χ2n) is 6.59. The highest BCUT2D eigenvalue weighted by Crippen LogP contribution is 2.44. The Bertz CT molecular complexity index is 626. The third-order valence-corrected chi connectivity index (χ3v) is 6.49. The summed E-state index contributed by atoms with van der Waals surface area (Å²) in [5, 5.41) is 8.11. The highest BCUT2D eigenvalue weighted by atomic mass is 32.1. The number of hydrogen-bond acceptors (Lipinski definition) is 4. The van der Waals surface area contributed by atoms with E-state index in [-0.39, 0.29) is 5.97 Å². The number of thiophene rings is 1. The van der Waals surface area contributed by atoms with E-state index in [1.54, 1.807) is 11.3 Å². The summed E-state index contributed by atoms with van der Waals surface area (Å²) < 4.78 is 5.18. The smallest absolute Gasteiger partial charge is 0.341 e. The summed E-state index contributed by atoms with van der Waals surface area (Å²) in [5.74, 6) is 1.36. The fraction of sp³-hybridized carbons (Fsp3) is 0.647. The summed E-state index contributed by atoms with van der Waals surface area (Å²) in [6, 6.07) is 0.488. The number of aryl methyl sites for hydroxylation is 1. The maximum atomic E-state index is 12.2. The van der Waals surface area contributed by atoms with Gasteiger partial charge in [0.2, 0.25) is 0 Å². The number of carbonyl (C=O) groups is 1.